The molecule has 1 rings (SSSR count). The molecule has 0 aromatic heterocycles. The lowest BCUT2D eigenvalue weighted by Crippen LogP contribution is -2.52. The minimum absolute atomic E-state index is 0.123. The molecule has 0 bridgehead atoms. The summed E-state index contributed by atoms with van der Waals surface area (Å²) in [6.07, 6.45) is 2.27. The Morgan fingerprint density at radius 2 is 1.89 bits per heavy atom. The maximum Gasteiger partial charge on any atom is 0.226 e. The van der Waals surface area contributed by atoms with Gasteiger partial charge in [-0.25, -0.2) is 0 Å². The van der Waals surface area contributed by atoms with Gasteiger partial charge in [-0.05, 0) is 39.3 Å². The number of carbonyl (C=O) groups excluding carboxylic acids is 1. The van der Waals surface area contributed by atoms with Gasteiger partial charge in [0.15, 0.2) is 6.29 Å². The third kappa shape index (κ3) is 3.43. The van der Waals surface area contributed by atoms with E-state index in [9.17, 15) is 4.79 Å². The van der Waals surface area contributed by atoms with E-state index >= 15 is 0 Å². The van der Waals surface area contributed by atoms with Crippen molar-refractivity contribution < 1.29 is 14.3 Å². The molecule has 1 atom stereocenters. The van der Waals surface area contributed by atoms with Gasteiger partial charge in [-0.2, -0.15) is 0 Å². The van der Waals surface area contributed by atoms with Crippen LogP contribution >= 0.6 is 0 Å². The van der Waals surface area contributed by atoms with Gasteiger partial charge in [-0.3, -0.25) is 4.79 Å². The Balaban J connectivity index is 2.61. The average Bonchev–Trinajstić information content (AvgIpc) is 2.40. The normalized spacial score (nSPS) is 20.7. The van der Waals surface area contributed by atoms with Crippen LogP contribution in [0.2, 0.25) is 0 Å². The molecular formula is C13H26N2O3. The second kappa shape index (κ2) is 7.07. The van der Waals surface area contributed by atoms with E-state index in [-0.39, 0.29) is 17.4 Å². The summed E-state index contributed by atoms with van der Waals surface area (Å²) < 4.78 is 10.3. The van der Waals surface area contributed by atoms with Crippen LogP contribution in [0.15, 0.2) is 0 Å². The fourth-order valence-electron chi connectivity index (χ4n) is 2.58. The van der Waals surface area contributed by atoms with Crippen LogP contribution in [0.25, 0.3) is 0 Å². The molecule has 1 aliphatic heterocycles. The molecule has 1 saturated heterocycles. The minimum Gasteiger partial charge on any atom is -0.354 e. The van der Waals surface area contributed by atoms with Crippen molar-refractivity contribution >= 4 is 5.91 Å². The van der Waals surface area contributed by atoms with Gasteiger partial charge in [0, 0.05) is 14.2 Å². The molecule has 5 heteroatoms. The second-order valence-electron chi connectivity index (χ2n) is 4.99. The van der Waals surface area contributed by atoms with Gasteiger partial charge in [-0.1, -0.05) is 6.92 Å². The van der Waals surface area contributed by atoms with E-state index in [0.717, 1.165) is 32.4 Å². The molecule has 1 aliphatic rings. The summed E-state index contributed by atoms with van der Waals surface area (Å²) in [5, 5.41) is 6.32. The van der Waals surface area contributed by atoms with Gasteiger partial charge in [-0.15, -0.1) is 0 Å². The first kappa shape index (κ1) is 15.4. The number of piperidine rings is 1. The summed E-state index contributed by atoms with van der Waals surface area (Å²) in [6, 6.07) is -0.147. The molecule has 1 unspecified atom stereocenters. The average molecular weight is 258 g/mol. The van der Waals surface area contributed by atoms with E-state index in [1.54, 1.807) is 14.2 Å². The van der Waals surface area contributed by atoms with E-state index < -0.39 is 6.29 Å². The molecule has 1 heterocycles. The van der Waals surface area contributed by atoms with Crippen LogP contribution in [0, 0.1) is 5.41 Å². The first-order chi connectivity index (χ1) is 8.59. The van der Waals surface area contributed by atoms with Gasteiger partial charge in [0.1, 0.15) is 0 Å². The number of nitrogens with one attached hydrogen (secondary N) is 2. The lowest BCUT2D eigenvalue weighted by atomic mass is 9.75. The van der Waals surface area contributed by atoms with Crippen LogP contribution in [0.4, 0.5) is 0 Å². The third-order valence-corrected chi connectivity index (χ3v) is 3.95. The summed E-state index contributed by atoms with van der Waals surface area (Å²) in [7, 11) is 3.16. The summed E-state index contributed by atoms with van der Waals surface area (Å²) in [5.74, 6) is 0.123. The number of amides is 1. The largest absolute Gasteiger partial charge is 0.354 e. The highest BCUT2D eigenvalue weighted by Crippen LogP contribution is 2.32. The van der Waals surface area contributed by atoms with Crippen molar-refractivity contribution in [2.45, 2.75) is 45.4 Å². The van der Waals surface area contributed by atoms with E-state index in [4.69, 9.17) is 9.47 Å². The zero-order valence-electron chi connectivity index (χ0n) is 11.9. The Labute approximate surface area is 110 Å². The number of hydrogen-bond acceptors (Lipinski definition) is 4. The van der Waals surface area contributed by atoms with Crippen molar-refractivity contribution in [2.75, 3.05) is 27.3 Å². The molecule has 0 aromatic carbocycles. The summed E-state index contributed by atoms with van der Waals surface area (Å²) in [5.41, 5.74) is -0.231. The molecule has 0 aliphatic carbocycles. The van der Waals surface area contributed by atoms with Crippen LogP contribution in [0.1, 0.15) is 33.1 Å². The van der Waals surface area contributed by atoms with E-state index in [1.807, 2.05) is 6.92 Å². The van der Waals surface area contributed by atoms with Crippen molar-refractivity contribution in [3.63, 3.8) is 0 Å². The van der Waals surface area contributed by atoms with Gasteiger partial charge in [0.25, 0.3) is 0 Å². The Bertz CT molecular complexity index is 261. The number of ether oxygens (including phenoxy) is 2. The van der Waals surface area contributed by atoms with Crippen LogP contribution in [0.5, 0.6) is 0 Å². The predicted octanol–water partition coefficient (Wildman–Crippen LogP) is 0.890. The lowest BCUT2D eigenvalue weighted by molar-refractivity contribution is -0.144. The highest BCUT2D eigenvalue weighted by atomic mass is 16.7. The highest BCUT2D eigenvalue weighted by Gasteiger charge is 2.38. The highest BCUT2D eigenvalue weighted by molar-refractivity contribution is 5.83. The minimum atomic E-state index is -0.399. The molecule has 5 nitrogen and oxygen atoms in total. The Hall–Kier alpha value is -0.650. The van der Waals surface area contributed by atoms with Crippen LogP contribution in [-0.4, -0.2) is 45.5 Å². The molecule has 18 heavy (non-hydrogen) atoms. The second-order valence-corrected chi connectivity index (χ2v) is 4.99. The van der Waals surface area contributed by atoms with Crippen molar-refractivity contribution in [1.29, 1.82) is 0 Å². The molecule has 2 N–H and O–H groups in total. The number of carbonyl (C=O) groups is 1. The van der Waals surface area contributed by atoms with Crippen molar-refractivity contribution in [3.05, 3.63) is 0 Å². The predicted molar refractivity (Wildman–Crippen MR) is 70.2 cm³/mol. The Morgan fingerprint density at radius 3 is 2.33 bits per heavy atom. The first-order valence-corrected chi connectivity index (χ1v) is 6.67. The first-order valence-electron chi connectivity index (χ1n) is 6.67. The zero-order valence-corrected chi connectivity index (χ0v) is 11.9. The number of hydrogen-bond donors (Lipinski definition) is 2. The molecule has 106 valence electrons. The van der Waals surface area contributed by atoms with Crippen LogP contribution < -0.4 is 10.6 Å². The summed E-state index contributed by atoms with van der Waals surface area (Å²) in [4.78, 5) is 12.4. The fraction of sp³-hybridized carbons (Fsp3) is 0.923. The smallest absolute Gasteiger partial charge is 0.226 e. The monoisotopic (exact) mass is 258 g/mol. The van der Waals surface area contributed by atoms with E-state index in [2.05, 4.69) is 17.6 Å². The standard InChI is InChI=1S/C13H26N2O3/c1-5-13(6-8-14-9-7-13)12(16)15-10(2)11(17-3)18-4/h10-11,14H,5-9H2,1-4H3,(H,15,16). The van der Waals surface area contributed by atoms with Crippen LogP contribution in [0.3, 0.4) is 0 Å². The van der Waals surface area contributed by atoms with Crippen molar-refractivity contribution in [3.8, 4) is 0 Å². The number of rotatable bonds is 6. The van der Waals surface area contributed by atoms with Crippen LogP contribution in [-0.2, 0) is 14.3 Å². The topological polar surface area (TPSA) is 59.6 Å². The Morgan fingerprint density at radius 1 is 1.33 bits per heavy atom. The number of methoxy groups -OCH3 is 2. The van der Waals surface area contributed by atoms with E-state index in [1.165, 1.54) is 0 Å². The summed E-state index contributed by atoms with van der Waals surface area (Å²) in [6.45, 7) is 5.81. The lowest BCUT2D eigenvalue weighted by Gasteiger charge is -2.37. The maximum atomic E-state index is 12.4. The van der Waals surface area contributed by atoms with Gasteiger partial charge in [0.2, 0.25) is 5.91 Å². The van der Waals surface area contributed by atoms with Crippen molar-refractivity contribution in [1.82, 2.24) is 10.6 Å². The molecule has 1 fully saturated rings. The summed E-state index contributed by atoms with van der Waals surface area (Å²) >= 11 is 0. The SMILES string of the molecule is CCC1(C(=O)NC(C)C(OC)OC)CCNCC1. The van der Waals surface area contributed by atoms with Gasteiger partial charge in [0.05, 0.1) is 11.5 Å². The Kier molecular flexibility index (Phi) is 6.05. The molecule has 0 saturated carbocycles. The quantitative estimate of drug-likeness (QED) is 0.695. The van der Waals surface area contributed by atoms with Gasteiger partial charge < -0.3 is 20.1 Å². The molecular weight excluding hydrogens is 232 g/mol. The van der Waals surface area contributed by atoms with E-state index in [0.29, 0.717) is 0 Å². The molecule has 1 amide bonds. The van der Waals surface area contributed by atoms with Gasteiger partial charge >= 0.3 is 0 Å². The third-order valence-electron chi connectivity index (χ3n) is 3.95. The molecule has 0 radical (unpaired) electrons. The zero-order chi connectivity index (χ0) is 13.6. The molecule has 0 spiro atoms. The fourth-order valence-corrected chi connectivity index (χ4v) is 2.58. The molecule has 0 aromatic rings. The van der Waals surface area contributed by atoms with Crippen molar-refractivity contribution in [2.24, 2.45) is 5.41 Å². The maximum absolute atomic E-state index is 12.4.